The molecule has 1 aromatic heterocycles. The molecule has 2 N–H and O–H groups in total. The van der Waals surface area contributed by atoms with E-state index in [1.54, 1.807) is 55.6 Å². The molecule has 1 aromatic carbocycles. The lowest BCUT2D eigenvalue weighted by Gasteiger charge is -2.12. The first kappa shape index (κ1) is 20.7. The number of aliphatic hydroxyl groups excluding tert-OH is 1. The van der Waals surface area contributed by atoms with Crippen LogP contribution in [0.3, 0.4) is 0 Å². The molecule has 6 heteroatoms. The number of hydrogen-bond acceptors (Lipinski definition) is 3. The summed E-state index contributed by atoms with van der Waals surface area (Å²) < 4.78 is 1.45. The molecule has 27 heavy (non-hydrogen) atoms. The average Bonchev–Trinajstić information content (AvgIpc) is 2.63. The molecule has 1 amide bonds. The topological polar surface area (TPSA) is 71.3 Å². The zero-order valence-corrected chi connectivity index (χ0v) is 16.2. The summed E-state index contributed by atoms with van der Waals surface area (Å²) in [6.45, 7) is 7.52. The van der Waals surface area contributed by atoms with Gasteiger partial charge in [0.15, 0.2) is 0 Å². The van der Waals surface area contributed by atoms with Crippen molar-refractivity contribution in [1.82, 2.24) is 4.57 Å². The number of anilines is 1. The van der Waals surface area contributed by atoms with Gasteiger partial charge in [0.25, 0.3) is 11.5 Å². The number of carbonyl (C=O) groups excluding carboxylic acids is 1. The summed E-state index contributed by atoms with van der Waals surface area (Å²) in [5.74, 6) is -0.368. The van der Waals surface area contributed by atoms with E-state index in [1.807, 2.05) is 6.92 Å². The quantitative estimate of drug-likeness (QED) is 0.558. The minimum absolute atomic E-state index is 0.209. The fourth-order valence-electron chi connectivity index (χ4n) is 2.52. The Balaban J connectivity index is 2.26. The number of nitrogens with zero attached hydrogens (tertiary/aromatic N) is 1. The van der Waals surface area contributed by atoms with Crippen molar-refractivity contribution in [3.05, 3.63) is 76.2 Å². The Morgan fingerprint density at radius 2 is 2.11 bits per heavy atom. The van der Waals surface area contributed by atoms with Gasteiger partial charge >= 0.3 is 0 Å². The molecule has 1 heterocycles. The zero-order chi connectivity index (χ0) is 20.0. The van der Waals surface area contributed by atoms with Crippen LogP contribution in [0.1, 0.15) is 20.3 Å². The van der Waals surface area contributed by atoms with Crippen LogP contribution in [0, 0.1) is 0 Å². The number of halogens is 1. The maximum absolute atomic E-state index is 12.6. The molecule has 0 aliphatic carbocycles. The molecule has 1 unspecified atom stereocenters. The number of amides is 1. The normalized spacial score (nSPS) is 13.1. The molecule has 5 nitrogen and oxygen atoms in total. The second kappa shape index (κ2) is 9.35. The van der Waals surface area contributed by atoms with Crippen molar-refractivity contribution in [3.63, 3.8) is 0 Å². The van der Waals surface area contributed by atoms with E-state index in [0.29, 0.717) is 27.9 Å². The number of rotatable bonds is 7. The van der Waals surface area contributed by atoms with Crippen LogP contribution in [0.2, 0.25) is 0 Å². The van der Waals surface area contributed by atoms with Gasteiger partial charge < -0.3 is 15.0 Å². The fraction of sp³-hybridized carbons (Fsp3) is 0.238. The Morgan fingerprint density at radius 1 is 1.37 bits per heavy atom. The minimum Gasteiger partial charge on any atom is -0.392 e. The average molecular weight is 387 g/mol. The molecular weight excluding hydrogens is 364 g/mol. The summed E-state index contributed by atoms with van der Waals surface area (Å²) in [5, 5.41) is 14.1. The van der Waals surface area contributed by atoms with E-state index in [9.17, 15) is 14.7 Å². The van der Waals surface area contributed by atoms with Crippen LogP contribution in [0.15, 0.2) is 70.7 Å². The lowest BCUT2D eigenvalue weighted by Crippen LogP contribution is -2.25. The Labute approximate surface area is 163 Å². The summed E-state index contributed by atoms with van der Waals surface area (Å²) in [4.78, 5) is 24.9. The third-order valence-electron chi connectivity index (χ3n) is 3.93. The van der Waals surface area contributed by atoms with E-state index in [1.165, 1.54) is 4.57 Å². The first-order valence-electron chi connectivity index (χ1n) is 8.66. The first-order valence-corrected chi connectivity index (χ1v) is 9.04. The third kappa shape index (κ3) is 5.42. The van der Waals surface area contributed by atoms with E-state index in [4.69, 9.17) is 11.6 Å². The Bertz CT molecular complexity index is 971. The molecule has 0 radical (unpaired) electrons. The maximum atomic E-state index is 12.6. The molecule has 0 saturated heterocycles. The van der Waals surface area contributed by atoms with Gasteiger partial charge in [0, 0.05) is 33.3 Å². The Hall–Kier alpha value is -2.63. The van der Waals surface area contributed by atoms with Crippen molar-refractivity contribution in [2.45, 2.75) is 32.9 Å². The second-order valence-electron chi connectivity index (χ2n) is 6.19. The molecular formula is C21H23ClN2O3. The molecule has 0 saturated carbocycles. The van der Waals surface area contributed by atoms with Crippen molar-refractivity contribution in [2.75, 3.05) is 5.32 Å². The lowest BCUT2D eigenvalue weighted by atomic mass is 10.1. The minimum atomic E-state index is -0.631. The van der Waals surface area contributed by atoms with Gasteiger partial charge in [-0.25, -0.2) is 0 Å². The van der Waals surface area contributed by atoms with Gasteiger partial charge in [0.1, 0.15) is 0 Å². The molecule has 0 aliphatic heterocycles. The summed E-state index contributed by atoms with van der Waals surface area (Å²) >= 11 is 5.91. The number of carbonyl (C=O) groups is 1. The number of aromatic nitrogens is 1. The molecule has 0 fully saturated rings. The summed E-state index contributed by atoms with van der Waals surface area (Å²) in [7, 11) is 0. The predicted octanol–water partition coefficient (Wildman–Crippen LogP) is 3.97. The highest BCUT2D eigenvalue weighted by Crippen LogP contribution is 2.21. The zero-order valence-electron chi connectivity index (χ0n) is 15.4. The van der Waals surface area contributed by atoms with E-state index >= 15 is 0 Å². The van der Waals surface area contributed by atoms with Crippen molar-refractivity contribution in [3.8, 4) is 0 Å². The van der Waals surface area contributed by atoms with Gasteiger partial charge in [0.05, 0.1) is 12.6 Å². The van der Waals surface area contributed by atoms with Crippen LogP contribution >= 0.6 is 11.6 Å². The van der Waals surface area contributed by atoms with Gasteiger partial charge in [-0.05, 0) is 37.6 Å². The van der Waals surface area contributed by atoms with Crippen LogP contribution in [-0.2, 0) is 11.3 Å². The number of benzene rings is 1. The number of hydrogen-bond donors (Lipinski definition) is 2. The SMILES string of the molecule is C=C(/C=C\C=C(\Cl)CC)C(=O)Nc1cccc2c(=O)n(CC(C)O)ccc12. The molecule has 2 aromatic rings. The molecule has 0 spiro atoms. The van der Waals surface area contributed by atoms with E-state index in [0.717, 1.165) is 0 Å². The highest BCUT2D eigenvalue weighted by atomic mass is 35.5. The molecule has 2 rings (SSSR count). The number of fused-ring (bicyclic) bond motifs is 1. The highest BCUT2D eigenvalue weighted by molar-refractivity contribution is 6.29. The van der Waals surface area contributed by atoms with Crippen LogP contribution < -0.4 is 10.9 Å². The maximum Gasteiger partial charge on any atom is 0.258 e. The van der Waals surface area contributed by atoms with Gasteiger partial charge in [0.2, 0.25) is 0 Å². The van der Waals surface area contributed by atoms with Crippen molar-refractivity contribution < 1.29 is 9.90 Å². The Morgan fingerprint density at radius 3 is 2.78 bits per heavy atom. The highest BCUT2D eigenvalue weighted by Gasteiger charge is 2.11. The van der Waals surface area contributed by atoms with Gasteiger partial charge in [-0.15, -0.1) is 0 Å². The summed E-state index contributed by atoms with van der Waals surface area (Å²) in [6, 6.07) is 6.87. The fourth-order valence-corrected chi connectivity index (χ4v) is 2.59. The van der Waals surface area contributed by atoms with Crippen LogP contribution in [0.4, 0.5) is 5.69 Å². The number of allylic oxidation sites excluding steroid dienone is 3. The number of aliphatic hydroxyl groups is 1. The Kier molecular flexibility index (Phi) is 7.16. The first-order chi connectivity index (χ1) is 12.8. The van der Waals surface area contributed by atoms with Gasteiger partial charge in [-0.1, -0.05) is 43.3 Å². The van der Waals surface area contributed by atoms with E-state index in [-0.39, 0.29) is 23.6 Å². The summed E-state index contributed by atoms with van der Waals surface area (Å²) in [5.41, 5.74) is 0.573. The lowest BCUT2D eigenvalue weighted by molar-refractivity contribution is -0.112. The van der Waals surface area contributed by atoms with Crippen molar-refractivity contribution in [1.29, 1.82) is 0 Å². The number of nitrogens with one attached hydrogen (secondary N) is 1. The molecule has 0 aliphatic rings. The van der Waals surface area contributed by atoms with Crippen molar-refractivity contribution in [2.24, 2.45) is 0 Å². The van der Waals surface area contributed by atoms with E-state index in [2.05, 4.69) is 11.9 Å². The van der Waals surface area contributed by atoms with E-state index < -0.39 is 6.10 Å². The second-order valence-corrected chi connectivity index (χ2v) is 6.68. The largest absolute Gasteiger partial charge is 0.392 e. The smallest absolute Gasteiger partial charge is 0.258 e. The molecule has 1 atom stereocenters. The third-order valence-corrected chi connectivity index (χ3v) is 4.32. The number of pyridine rings is 1. The van der Waals surface area contributed by atoms with Crippen molar-refractivity contribution >= 4 is 34.0 Å². The predicted molar refractivity (Wildman–Crippen MR) is 111 cm³/mol. The van der Waals surface area contributed by atoms with Crippen LogP contribution in [-0.4, -0.2) is 21.7 Å². The van der Waals surface area contributed by atoms with Crippen LogP contribution in [0.5, 0.6) is 0 Å². The monoisotopic (exact) mass is 386 g/mol. The van der Waals surface area contributed by atoms with Crippen LogP contribution in [0.25, 0.3) is 10.8 Å². The van der Waals surface area contributed by atoms with Gasteiger partial charge in [-0.2, -0.15) is 0 Å². The summed E-state index contributed by atoms with van der Waals surface area (Å²) in [6.07, 6.45) is 6.66. The van der Waals surface area contributed by atoms with Gasteiger partial charge in [-0.3, -0.25) is 9.59 Å². The standard InChI is InChI=1S/C21H23ClN2O3/c1-4-16(22)8-5-7-14(2)20(26)23-19-10-6-9-18-17(19)11-12-24(21(18)27)13-15(3)25/h5-12,15,25H,2,4,13H2,1,3H3,(H,23,26)/b7-5-,16-8+. The molecule has 0 bridgehead atoms. The molecule has 142 valence electrons.